The van der Waals surface area contributed by atoms with Crippen molar-refractivity contribution in [1.29, 1.82) is 0 Å². The van der Waals surface area contributed by atoms with Gasteiger partial charge >= 0.3 is 12.6 Å². The Morgan fingerprint density at radius 2 is 1.93 bits per heavy atom. The summed E-state index contributed by atoms with van der Waals surface area (Å²) in [5.74, 6) is -0.798. The van der Waals surface area contributed by atoms with Crippen molar-refractivity contribution in [3.05, 3.63) is 29.8 Å². The number of carbonyl (C=O) groups is 2. The molecule has 0 radical (unpaired) electrons. The molecule has 8 heteroatoms. The Morgan fingerprint density at radius 1 is 1.21 bits per heavy atom. The van der Waals surface area contributed by atoms with Crippen LogP contribution in [0.15, 0.2) is 24.3 Å². The number of hydrogen-bond donors (Lipinski definition) is 1. The number of hydrogen-bond acceptors (Lipinski definition) is 5. The first kappa shape index (κ1) is 21.7. The molecule has 1 aromatic carbocycles. The normalized spacial score (nSPS) is 16.0. The third kappa shape index (κ3) is 5.68. The highest BCUT2D eigenvalue weighted by atomic mass is 19.3. The van der Waals surface area contributed by atoms with Crippen LogP contribution in [0.3, 0.4) is 0 Å². The van der Waals surface area contributed by atoms with E-state index in [4.69, 9.17) is 9.47 Å². The van der Waals surface area contributed by atoms with Crippen molar-refractivity contribution in [2.75, 3.05) is 13.7 Å². The van der Waals surface area contributed by atoms with E-state index in [1.165, 1.54) is 37.5 Å². The molecule has 1 saturated carbocycles. The maximum atomic E-state index is 12.5. The molecule has 0 atom stereocenters. The summed E-state index contributed by atoms with van der Waals surface area (Å²) in [4.78, 5) is 24.6. The number of carbonyl (C=O) groups excluding carboxylic acids is 2. The zero-order valence-electron chi connectivity index (χ0n) is 16.0. The smallest absolute Gasteiger partial charge is 0.387 e. The van der Waals surface area contributed by atoms with Gasteiger partial charge in [-0.3, -0.25) is 4.79 Å². The minimum absolute atomic E-state index is 0.0784. The van der Waals surface area contributed by atoms with Gasteiger partial charge in [0.1, 0.15) is 5.54 Å². The number of halogens is 2. The van der Waals surface area contributed by atoms with Gasteiger partial charge in [-0.15, -0.1) is 0 Å². The summed E-state index contributed by atoms with van der Waals surface area (Å²) in [6.45, 7) is -0.968. The standard InChI is InChI=1S/C20H25F2NO5/c1-3-27-16-13-14(7-9-15(16)28-19(21)22)8-10-17(24)23-20(18(25)26-2)11-5-4-6-12-20/h7-10,13,19H,3-6,11-12H2,1-2H3,(H,23,24)/b10-8+. The summed E-state index contributed by atoms with van der Waals surface area (Å²) < 4.78 is 39.5. The summed E-state index contributed by atoms with van der Waals surface area (Å²) in [5, 5.41) is 2.78. The first-order valence-corrected chi connectivity index (χ1v) is 9.20. The van der Waals surface area contributed by atoms with Crippen LogP contribution in [0.25, 0.3) is 6.08 Å². The number of methoxy groups -OCH3 is 1. The summed E-state index contributed by atoms with van der Waals surface area (Å²) in [5.41, 5.74) is -0.434. The van der Waals surface area contributed by atoms with Crippen LogP contribution in [0, 0.1) is 0 Å². The molecule has 1 aliphatic carbocycles. The van der Waals surface area contributed by atoms with Gasteiger partial charge in [-0.25, -0.2) is 4.79 Å². The molecule has 1 N–H and O–H groups in total. The van der Waals surface area contributed by atoms with Crippen molar-refractivity contribution in [2.45, 2.75) is 51.2 Å². The Labute approximate surface area is 162 Å². The van der Waals surface area contributed by atoms with Gasteiger partial charge < -0.3 is 19.5 Å². The molecule has 0 aromatic heterocycles. The number of rotatable bonds is 8. The predicted octanol–water partition coefficient (Wildman–Crippen LogP) is 3.69. The largest absolute Gasteiger partial charge is 0.490 e. The Kier molecular flexibility index (Phi) is 7.78. The molecule has 2 rings (SSSR count). The second kappa shape index (κ2) is 10.1. The van der Waals surface area contributed by atoms with E-state index < -0.39 is 24.0 Å². The highest BCUT2D eigenvalue weighted by Gasteiger charge is 2.41. The lowest BCUT2D eigenvalue weighted by molar-refractivity contribution is -0.152. The summed E-state index contributed by atoms with van der Waals surface area (Å²) in [6, 6.07) is 4.38. The maximum absolute atomic E-state index is 12.5. The molecular formula is C20H25F2NO5. The van der Waals surface area contributed by atoms with Crippen LogP contribution in [0.2, 0.25) is 0 Å². The first-order chi connectivity index (χ1) is 13.4. The van der Waals surface area contributed by atoms with Crippen molar-refractivity contribution in [2.24, 2.45) is 0 Å². The van der Waals surface area contributed by atoms with E-state index in [1.54, 1.807) is 6.92 Å². The monoisotopic (exact) mass is 397 g/mol. The van der Waals surface area contributed by atoms with E-state index >= 15 is 0 Å². The van der Waals surface area contributed by atoms with Gasteiger partial charge in [0.15, 0.2) is 11.5 Å². The fraction of sp³-hybridized carbons (Fsp3) is 0.500. The Balaban J connectivity index is 2.12. The molecular weight excluding hydrogens is 372 g/mol. The van der Waals surface area contributed by atoms with E-state index in [0.29, 0.717) is 18.4 Å². The van der Waals surface area contributed by atoms with Crippen molar-refractivity contribution in [3.8, 4) is 11.5 Å². The lowest BCUT2D eigenvalue weighted by atomic mass is 9.81. The Morgan fingerprint density at radius 3 is 2.54 bits per heavy atom. The van der Waals surface area contributed by atoms with Gasteiger partial charge in [0.25, 0.3) is 0 Å². The minimum atomic E-state index is -2.96. The van der Waals surface area contributed by atoms with E-state index in [9.17, 15) is 18.4 Å². The molecule has 28 heavy (non-hydrogen) atoms. The fourth-order valence-electron chi connectivity index (χ4n) is 3.27. The van der Waals surface area contributed by atoms with Gasteiger partial charge in [0, 0.05) is 6.08 Å². The summed E-state index contributed by atoms with van der Waals surface area (Å²) in [6.07, 6.45) is 6.55. The lowest BCUT2D eigenvalue weighted by Crippen LogP contribution is -2.55. The molecule has 0 aliphatic heterocycles. The molecule has 0 unspecified atom stereocenters. The maximum Gasteiger partial charge on any atom is 0.387 e. The van der Waals surface area contributed by atoms with E-state index in [0.717, 1.165) is 19.3 Å². The molecule has 0 saturated heterocycles. The van der Waals surface area contributed by atoms with E-state index in [1.807, 2.05) is 0 Å². The molecule has 6 nitrogen and oxygen atoms in total. The van der Waals surface area contributed by atoms with Crippen molar-refractivity contribution < 1.29 is 32.6 Å². The molecule has 1 aliphatic rings. The highest BCUT2D eigenvalue weighted by Crippen LogP contribution is 2.31. The van der Waals surface area contributed by atoms with Gasteiger partial charge in [-0.1, -0.05) is 25.3 Å². The van der Waals surface area contributed by atoms with Crippen molar-refractivity contribution in [1.82, 2.24) is 5.32 Å². The van der Waals surface area contributed by atoms with Crippen LogP contribution in [0.4, 0.5) is 8.78 Å². The van der Waals surface area contributed by atoms with Gasteiger partial charge in [-0.2, -0.15) is 8.78 Å². The Bertz CT molecular complexity index is 715. The van der Waals surface area contributed by atoms with Crippen molar-refractivity contribution >= 4 is 18.0 Å². The highest BCUT2D eigenvalue weighted by molar-refractivity contribution is 5.96. The Hall–Kier alpha value is -2.64. The number of benzene rings is 1. The van der Waals surface area contributed by atoms with Gasteiger partial charge in [-0.05, 0) is 43.5 Å². The second-order valence-electron chi connectivity index (χ2n) is 6.47. The minimum Gasteiger partial charge on any atom is -0.490 e. The first-order valence-electron chi connectivity index (χ1n) is 9.20. The molecule has 0 heterocycles. The summed E-state index contributed by atoms with van der Waals surface area (Å²) >= 11 is 0. The van der Waals surface area contributed by atoms with Crippen molar-refractivity contribution in [3.63, 3.8) is 0 Å². The fourth-order valence-corrected chi connectivity index (χ4v) is 3.27. The van der Waals surface area contributed by atoms with Crippen LogP contribution in [0.1, 0.15) is 44.6 Å². The average molecular weight is 397 g/mol. The topological polar surface area (TPSA) is 73.9 Å². The van der Waals surface area contributed by atoms with Crippen LogP contribution in [-0.2, 0) is 14.3 Å². The second-order valence-corrected chi connectivity index (χ2v) is 6.47. The van der Waals surface area contributed by atoms with Crippen LogP contribution in [-0.4, -0.2) is 37.7 Å². The molecule has 0 bridgehead atoms. The number of nitrogens with one attached hydrogen (secondary N) is 1. The molecule has 0 spiro atoms. The van der Waals surface area contributed by atoms with Gasteiger partial charge in [0.05, 0.1) is 13.7 Å². The predicted molar refractivity (Wildman–Crippen MR) is 99.3 cm³/mol. The number of esters is 1. The summed E-state index contributed by atoms with van der Waals surface area (Å²) in [7, 11) is 1.30. The van der Waals surface area contributed by atoms with Crippen LogP contribution < -0.4 is 14.8 Å². The zero-order chi connectivity index (χ0) is 20.6. The number of alkyl halides is 2. The third-order valence-corrected chi connectivity index (χ3v) is 4.56. The quantitative estimate of drug-likeness (QED) is 0.535. The van der Waals surface area contributed by atoms with Gasteiger partial charge in [0.2, 0.25) is 5.91 Å². The number of ether oxygens (including phenoxy) is 3. The molecule has 154 valence electrons. The third-order valence-electron chi connectivity index (χ3n) is 4.56. The molecule has 1 aromatic rings. The van der Waals surface area contributed by atoms with Crippen LogP contribution >= 0.6 is 0 Å². The SMILES string of the molecule is CCOc1cc(/C=C/C(=O)NC2(C(=O)OC)CCCCC2)ccc1OC(F)F. The molecule has 1 fully saturated rings. The lowest BCUT2D eigenvalue weighted by Gasteiger charge is -2.34. The van der Waals surface area contributed by atoms with E-state index in [-0.39, 0.29) is 18.1 Å². The number of amides is 1. The van der Waals surface area contributed by atoms with E-state index in [2.05, 4.69) is 10.1 Å². The average Bonchev–Trinajstić information content (AvgIpc) is 2.68. The van der Waals surface area contributed by atoms with Crippen LogP contribution in [0.5, 0.6) is 11.5 Å². The zero-order valence-corrected chi connectivity index (χ0v) is 16.0. The molecule has 1 amide bonds.